The van der Waals surface area contributed by atoms with Crippen molar-refractivity contribution < 1.29 is 19.4 Å². The van der Waals surface area contributed by atoms with E-state index in [1.165, 1.54) is 0 Å². The van der Waals surface area contributed by atoms with Crippen LogP contribution in [0.3, 0.4) is 0 Å². The van der Waals surface area contributed by atoms with Crippen LogP contribution in [0.15, 0.2) is 55.1 Å². The normalized spacial score (nSPS) is 11.0. The first-order chi connectivity index (χ1) is 11.3. The molecule has 2 aromatic carbocycles. The first-order valence-electron chi connectivity index (χ1n) is 7.57. The predicted octanol–water partition coefficient (Wildman–Crippen LogP) is 4.45. The van der Waals surface area contributed by atoms with Crippen molar-refractivity contribution in [3.05, 3.63) is 77.4 Å². The van der Waals surface area contributed by atoms with E-state index in [1.54, 1.807) is 63.2 Å². The molecule has 0 saturated heterocycles. The molecule has 0 N–H and O–H groups in total. The smallest absolute Gasteiger partial charge is 0.292 e. The van der Waals surface area contributed by atoms with Crippen LogP contribution in [-0.2, 0) is 9.78 Å². The maximum atomic E-state index is 12.4. The molecule has 24 heavy (non-hydrogen) atoms. The van der Waals surface area contributed by atoms with E-state index in [2.05, 4.69) is 6.58 Å². The van der Waals surface area contributed by atoms with E-state index >= 15 is 0 Å². The largest absolute Gasteiger partial charge is 0.373 e. The minimum absolute atomic E-state index is 0.114. The molecule has 0 fully saturated rings. The van der Waals surface area contributed by atoms with Crippen LogP contribution in [0.2, 0.25) is 0 Å². The van der Waals surface area contributed by atoms with Gasteiger partial charge in [-0.05, 0) is 38.5 Å². The Hall–Kier alpha value is -2.72. The zero-order chi connectivity index (χ0) is 17.7. The van der Waals surface area contributed by atoms with Gasteiger partial charge in [0.2, 0.25) is 0 Å². The second-order valence-electron chi connectivity index (χ2n) is 6.30. The summed E-state index contributed by atoms with van der Waals surface area (Å²) in [5.74, 6) is -0.712. The van der Waals surface area contributed by atoms with Crippen molar-refractivity contribution in [2.24, 2.45) is 0 Å². The molecule has 0 atom stereocenters. The zero-order valence-electron chi connectivity index (χ0n) is 14.0. The molecule has 4 heteroatoms. The van der Waals surface area contributed by atoms with Crippen molar-refractivity contribution in [1.29, 1.82) is 0 Å². The molecule has 0 saturated carbocycles. The number of ketones is 1. The van der Waals surface area contributed by atoms with Crippen LogP contribution in [0.4, 0.5) is 0 Å². The number of carbonyl (C=O) groups is 2. The van der Waals surface area contributed by atoms with Crippen molar-refractivity contribution in [1.82, 2.24) is 0 Å². The van der Waals surface area contributed by atoms with Gasteiger partial charge in [0.05, 0.1) is 5.56 Å². The molecule has 0 amide bonds. The van der Waals surface area contributed by atoms with E-state index in [9.17, 15) is 9.59 Å². The Kier molecular flexibility index (Phi) is 5.31. The monoisotopic (exact) mass is 324 g/mol. The van der Waals surface area contributed by atoms with Gasteiger partial charge in [0.15, 0.2) is 5.78 Å². The van der Waals surface area contributed by atoms with Gasteiger partial charge >= 0.3 is 5.97 Å². The lowest BCUT2D eigenvalue weighted by atomic mass is 10.0. The summed E-state index contributed by atoms with van der Waals surface area (Å²) < 4.78 is 0. The average molecular weight is 324 g/mol. The van der Waals surface area contributed by atoms with E-state index in [0.29, 0.717) is 16.7 Å². The third-order valence-electron chi connectivity index (χ3n) is 3.16. The van der Waals surface area contributed by atoms with Crippen molar-refractivity contribution in [3.63, 3.8) is 0 Å². The van der Waals surface area contributed by atoms with Crippen molar-refractivity contribution in [2.45, 2.75) is 26.4 Å². The fourth-order valence-electron chi connectivity index (χ4n) is 1.91. The Bertz CT molecular complexity index is 735. The summed E-state index contributed by atoms with van der Waals surface area (Å²) in [4.78, 5) is 34.0. The maximum Gasteiger partial charge on any atom is 0.373 e. The fraction of sp³-hybridized carbons (Fsp3) is 0.200. The van der Waals surface area contributed by atoms with Gasteiger partial charge in [0.1, 0.15) is 5.60 Å². The van der Waals surface area contributed by atoms with E-state index in [0.717, 1.165) is 5.56 Å². The third kappa shape index (κ3) is 4.64. The first-order valence-corrected chi connectivity index (χ1v) is 7.57. The van der Waals surface area contributed by atoms with Gasteiger partial charge in [0, 0.05) is 11.1 Å². The molecule has 0 aliphatic heterocycles. The topological polar surface area (TPSA) is 52.6 Å². The zero-order valence-corrected chi connectivity index (χ0v) is 14.0. The van der Waals surface area contributed by atoms with Gasteiger partial charge in [-0.2, -0.15) is 4.89 Å². The van der Waals surface area contributed by atoms with Gasteiger partial charge in [-0.1, -0.05) is 49.1 Å². The molecule has 0 radical (unpaired) electrons. The van der Waals surface area contributed by atoms with Crippen LogP contribution in [0.25, 0.3) is 6.08 Å². The van der Waals surface area contributed by atoms with E-state index in [1.807, 2.05) is 12.1 Å². The van der Waals surface area contributed by atoms with Crippen LogP contribution in [0.1, 0.15) is 52.6 Å². The molecule has 2 aromatic rings. The SMILES string of the molecule is C=Cc1ccc(C(=O)c2ccc(C(=O)OOC(C)(C)C)cc2)cc1. The summed E-state index contributed by atoms with van der Waals surface area (Å²) in [5, 5.41) is 0. The second-order valence-corrected chi connectivity index (χ2v) is 6.30. The van der Waals surface area contributed by atoms with Gasteiger partial charge in [-0.25, -0.2) is 4.79 Å². The Morgan fingerprint density at radius 1 is 0.875 bits per heavy atom. The minimum atomic E-state index is -0.598. The maximum absolute atomic E-state index is 12.4. The Labute approximate surface area is 141 Å². The Morgan fingerprint density at radius 2 is 1.33 bits per heavy atom. The second kappa shape index (κ2) is 7.23. The van der Waals surface area contributed by atoms with Crippen LogP contribution < -0.4 is 0 Å². The van der Waals surface area contributed by atoms with Crippen LogP contribution in [0.5, 0.6) is 0 Å². The summed E-state index contributed by atoms with van der Waals surface area (Å²) in [6.45, 7) is 9.01. The molecule has 0 aliphatic carbocycles. The van der Waals surface area contributed by atoms with E-state index < -0.39 is 11.6 Å². The average Bonchev–Trinajstić information content (AvgIpc) is 2.58. The molecule has 0 aliphatic rings. The third-order valence-corrected chi connectivity index (χ3v) is 3.16. The van der Waals surface area contributed by atoms with Crippen molar-refractivity contribution >= 4 is 17.8 Å². The highest BCUT2D eigenvalue weighted by Gasteiger charge is 2.17. The lowest BCUT2D eigenvalue weighted by molar-refractivity contribution is -0.301. The predicted molar refractivity (Wildman–Crippen MR) is 92.7 cm³/mol. The molecule has 0 unspecified atom stereocenters. The summed E-state index contributed by atoms with van der Waals surface area (Å²) >= 11 is 0. The first kappa shape index (κ1) is 17.6. The number of hydrogen-bond donors (Lipinski definition) is 0. The molecule has 4 nitrogen and oxygen atoms in total. The Balaban J connectivity index is 2.09. The highest BCUT2D eigenvalue weighted by atomic mass is 17.2. The fourth-order valence-corrected chi connectivity index (χ4v) is 1.91. The number of hydrogen-bond acceptors (Lipinski definition) is 4. The van der Waals surface area contributed by atoms with Crippen molar-refractivity contribution in [3.8, 4) is 0 Å². The lowest BCUT2D eigenvalue weighted by Crippen LogP contribution is -2.21. The summed E-state index contributed by atoms with van der Waals surface area (Å²) in [6, 6.07) is 13.4. The van der Waals surface area contributed by atoms with Gasteiger partial charge < -0.3 is 0 Å². The molecule has 0 spiro atoms. The van der Waals surface area contributed by atoms with Crippen molar-refractivity contribution in [2.75, 3.05) is 0 Å². The lowest BCUT2D eigenvalue weighted by Gasteiger charge is -2.16. The molecular formula is C20H20O4. The number of rotatable bonds is 5. The van der Waals surface area contributed by atoms with Crippen LogP contribution >= 0.6 is 0 Å². The highest BCUT2D eigenvalue weighted by Crippen LogP contribution is 2.15. The number of carbonyl (C=O) groups excluding carboxylic acids is 2. The molecule has 124 valence electrons. The summed E-state index contributed by atoms with van der Waals surface area (Å²) in [7, 11) is 0. The molecule has 0 heterocycles. The molecule has 0 bridgehead atoms. The van der Waals surface area contributed by atoms with Gasteiger partial charge in [-0.3, -0.25) is 9.68 Å². The standard InChI is InChI=1S/C20H20O4/c1-5-14-6-8-15(9-7-14)18(21)16-10-12-17(13-11-16)19(22)23-24-20(2,3)4/h5-13H,1H2,2-4H3. The van der Waals surface area contributed by atoms with Gasteiger partial charge in [0.25, 0.3) is 0 Å². The summed E-state index contributed by atoms with van der Waals surface area (Å²) in [6.07, 6.45) is 1.72. The molecule has 2 rings (SSSR count). The van der Waals surface area contributed by atoms with E-state index in [4.69, 9.17) is 9.78 Å². The number of benzene rings is 2. The molecule has 0 aromatic heterocycles. The quantitative estimate of drug-likeness (QED) is 0.463. The molecular weight excluding hydrogens is 304 g/mol. The minimum Gasteiger partial charge on any atom is -0.292 e. The Morgan fingerprint density at radius 3 is 1.79 bits per heavy atom. The highest BCUT2D eigenvalue weighted by molar-refractivity contribution is 6.09. The van der Waals surface area contributed by atoms with Crippen LogP contribution in [0, 0.1) is 0 Å². The van der Waals surface area contributed by atoms with E-state index in [-0.39, 0.29) is 5.78 Å². The van der Waals surface area contributed by atoms with Gasteiger partial charge in [-0.15, -0.1) is 0 Å². The van der Waals surface area contributed by atoms with Crippen LogP contribution in [-0.4, -0.2) is 17.4 Å². The summed E-state index contributed by atoms with van der Waals surface area (Å²) in [5.41, 5.74) is 1.76.